The molecule has 0 spiro atoms. The summed E-state index contributed by atoms with van der Waals surface area (Å²) in [7, 11) is 1.81. The number of rotatable bonds is 5. The van der Waals surface area contributed by atoms with Crippen molar-refractivity contribution in [3.05, 3.63) is 40.7 Å². The summed E-state index contributed by atoms with van der Waals surface area (Å²) in [5.74, 6) is 0.673. The first-order valence-corrected chi connectivity index (χ1v) is 6.45. The van der Waals surface area contributed by atoms with Crippen LogP contribution in [0.2, 0.25) is 5.02 Å². The van der Waals surface area contributed by atoms with Crippen molar-refractivity contribution in [2.75, 3.05) is 0 Å². The van der Waals surface area contributed by atoms with Crippen molar-refractivity contribution in [3.63, 3.8) is 0 Å². The highest BCUT2D eigenvalue weighted by Crippen LogP contribution is 2.30. The number of hydrogen-bond donors (Lipinski definition) is 1. The van der Waals surface area contributed by atoms with Crippen LogP contribution in [0.1, 0.15) is 18.2 Å². The van der Waals surface area contributed by atoms with Gasteiger partial charge in [0.05, 0.1) is 11.2 Å². The van der Waals surface area contributed by atoms with Crippen molar-refractivity contribution < 1.29 is 4.74 Å². The Morgan fingerprint density at radius 3 is 2.89 bits per heavy atom. The lowest BCUT2D eigenvalue weighted by atomic mass is 10.1. The summed E-state index contributed by atoms with van der Waals surface area (Å²) in [4.78, 5) is 0. The molecule has 2 N–H and O–H groups in total. The van der Waals surface area contributed by atoms with Gasteiger partial charge in [-0.1, -0.05) is 28.9 Å². The van der Waals surface area contributed by atoms with Crippen LogP contribution < -0.4 is 10.5 Å². The van der Waals surface area contributed by atoms with Gasteiger partial charge >= 0.3 is 0 Å². The van der Waals surface area contributed by atoms with E-state index in [0.717, 1.165) is 17.7 Å². The van der Waals surface area contributed by atoms with Crippen molar-refractivity contribution in [3.8, 4) is 5.75 Å². The lowest BCUT2D eigenvalue weighted by Gasteiger charge is -2.13. The van der Waals surface area contributed by atoms with Crippen molar-refractivity contribution in [1.82, 2.24) is 15.0 Å². The molecule has 0 aliphatic carbocycles. The Morgan fingerprint density at radius 2 is 2.26 bits per heavy atom. The van der Waals surface area contributed by atoms with E-state index in [-0.39, 0.29) is 6.04 Å². The highest BCUT2D eigenvalue weighted by atomic mass is 35.5. The van der Waals surface area contributed by atoms with Crippen molar-refractivity contribution >= 4 is 11.6 Å². The smallest absolute Gasteiger partial charge is 0.141 e. The van der Waals surface area contributed by atoms with Gasteiger partial charge in [0, 0.05) is 13.1 Å². The van der Waals surface area contributed by atoms with Gasteiger partial charge in [0.2, 0.25) is 0 Å². The maximum absolute atomic E-state index is 6.18. The number of halogens is 1. The monoisotopic (exact) mass is 280 g/mol. The topological polar surface area (TPSA) is 66.0 Å². The third-order valence-corrected chi connectivity index (χ3v) is 2.90. The van der Waals surface area contributed by atoms with E-state index in [0.29, 0.717) is 17.4 Å². The third kappa shape index (κ3) is 3.68. The number of hydrogen-bond acceptors (Lipinski definition) is 4. The van der Waals surface area contributed by atoms with Crippen LogP contribution in [0, 0.1) is 0 Å². The lowest BCUT2D eigenvalue weighted by molar-refractivity contribution is 0.297. The Morgan fingerprint density at radius 1 is 1.47 bits per heavy atom. The van der Waals surface area contributed by atoms with Gasteiger partial charge in [0.25, 0.3) is 0 Å². The van der Waals surface area contributed by atoms with Crippen molar-refractivity contribution in [2.45, 2.75) is 26.0 Å². The fourth-order valence-corrected chi connectivity index (χ4v) is 2.08. The molecule has 0 aliphatic rings. The van der Waals surface area contributed by atoms with E-state index in [1.165, 1.54) is 0 Å². The third-order valence-electron chi connectivity index (χ3n) is 2.60. The standard InChI is InChI=1S/C13H17ClN4O/c1-9(15)6-10-4-3-5-12(14)13(10)19-8-11-7-18(2)17-16-11/h3-5,7,9H,6,8,15H2,1-2H3. The number of nitrogens with zero attached hydrogens (tertiary/aromatic N) is 3. The average Bonchev–Trinajstić information content (AvgIpc) is 2.73. The van der Waals surface area contributed by atoms with Crippen molar-refractivity contribution in [1.29, 1.82) is 0 Å². The molecule has 1 aromatic heterocycles. The van der Waals surface area contributed by atoms with E-state index < -0.39 is 0 Å². The summed E-state index contributed by atoms with van der Waals surface area (Å²) in [5.41, 5.74) is 7.59. The van der Waals surface area contributed by atoms with E-state index in [2.05, 4.69) is 10.3 Å². The Labute approximate surface area is 117 Å². The van der Waals surface area contributed by atoms with Gasteiger partial charge in [-0.3, -0.25) is 4.68 Å². The van der Waals surface area contributed by atoms with Crippen LogP contribution >= 0.6 is 11.6 Å². The molecule has 1 heterocycles. The number of aryl methyl sites for hydroxylation is 1. The molecule has 2 rings (SSSR count). The lowest BCUT2D eigenvalue weighted by Crippen LogP contribution is -2.18. The van der Waals surface area contributed by atoms with Crippen LogP contribution in [0.4, 0.5) is 0 Å². The first-order valence-electron chi connectivity index (χ1n) is 6.07. The number of para-hydroxylation sites is 1. The second-order valence-corrected chi connectivity index (χ2v) is 4.99. The maximum atomic E-state index is 6.18. The zero-order valence-corrected chi connectivity index (χ0v) is 11.8. The number of nitrogens with two attached hydrogens (primary N) is 1. The summed E-state index contributed by atoms with van der Waals surface area (Å²) in [6.07, 6.45) is 2.53. The van der Waals surface area contributed by atoms with Gasteiger partial charge in [-0.25, -0.2) is 0 Å². The highest BCUT2D eigenvalue weighted by molar-refractivity contribution is 6.32. The van der Waals surface area contributed by atoms with Gasteiger partial charge in [-0.15, -0.1) is 5.10 Å². The molecule has 2 aromatic rings. The van der Waals surface area contributed by atoms with Gasteiger partial charge in [0.15, 0.2) is 0 Å². The maximum Gasteiger partial charge on any atom is 0.141 e. The fraction of sp³-hybridized carbons (Fsp3) is 0.385. The van der Waals surface area contributed by atoms with Gasteiger partial charge < -0.3 is 10.5 Å². The predicted octanol–water partition coefficient (Wildman–Crippen LogP) is 1.94. The molecule has 0 amide bonds. The molecule has 19 heavy (non-hydrogen) atoms. The molecule has 5 nitrogen and oxygen atoms in total. The fourth-order valence-electron chi connectivity index (χ4n) is 1.83. The average molecular weight is 281 g/mol. The van der Waals surface area contributed by atoms with Crippen LogP contribution in [0.3, 0.4) is 0 Å². The van der Waals surface area contributed by atoms with Crippen LogP contribution in [0.15, 0.2) is 24.4 Å². The van der Waals surface area contributed by atoms with E-state index >= 15 is 0 Å². The van der Waals surface area contributed by atoms with Gasteiger partial charge in [0.1, 0.15) is 18.1 Å². The van der Waals surface area contributed by atoms with Gasteiger partial charge in [-0.05, 0) is 25.0 Å². The van der Waals surface area contributed by atoms with Crippen LogP contribution in [-0.2, 0) is 20.1 Å². The molecule has 0 saturated carbocycles. The first kappa shape index (κ1) is 13.8. The quantitative estimate of drug-likeness (QED) is 0.909. The zero-order chi connectivity index (χ0) is 13.8. The van der Waals surface area contributed by atoms with Crippen LogP contribution in [-0.4, -0.2) is 21.0 Å². The Hall–Kier alpha value is -1.59. The van der Waals surface area contributed by atoms with E-state index in [1.54, 1.807) is 10.7 Å². The van der Waals surface area contributed by atoms with Crippen molar-refractivity contribution in [2.24, 2.45) is 12.8 Å². The highest BCUT2D eigenvalue weighted by Gasteiger charge is 2.11. The molecule has 1 aromatic carbocycles. The summed E-state index contributed by atoms with van der Waals surface area (Å²) in [6.45, 7) is 2.29. The molecular weight excluding hydrogens is 264 g/mol. The molecule has 1 unspecified atom stereocenters. The predicted molar refractivity (Wildman–Crippen MR) is 74.1 cm³/mol. The molecule has 6 heteroatoms. The molecule has 0 radical (unpaired) electrons. The molecule has 102 valence electrons. The molecule has 1 atom stereocenters. The Kier molecular flexibility index (Phi) is 4.39. The second kappa shape index (κ2) is 6.04. The second-order valence-electron chi connectivity index (χ2n) is 4.58. The first-order chi connectivity index (χ1) is 9.06. The van der Waals surface area contributed by atoms with E-state index in [9.17, 15) is 0 Å². The minimum absolute atomic E-state index is 0.0531. The minimum Gasteiger partial charge on any atom is -0.485 e. The Bertz CT molecular complexity index is 553. The summed E-state index contributed by atoms with van der Waals surface area (Å²) >= 11 is 6.18. The summed E-state index contributed by atoms with van der Waals surface area (Å²) in [6, 6.07) is 5.73. The molecule has 0 fully saturated rings. The Balaban J connectivity index is 2.14. The SMILES string of the molecule is CC(N)Cc1cccc(Cl)c1OCc1cn(C)nn1. The number of ether oxygens (including phenoxy) is 1. The summed E-state index contributed by atoms with van der Waals surface area (Å²) < 4.78 is 7.40. The number of benzene rings is 1. The van der Waals surface area contributed by atoms with Crippen LogP contribution in [0.5, 0.6) is 5.75 Å². The largest absolute Gasteiger partial charge is 0.485 e. The van der Waals surface area contributed by atoms with Crippen LogP contribution in [0.25, 0.3) is 0 Å². The number of aromatic nitrogens is 3. The molecular formula is C13H17ClN4O. The molecule has 0 aliphatic heterocycles. The van der Waals surface area contributed by atoms with E-state index in [4.69, 9.17) is 22.1 Å². The van der Waals surface area contributed by atoms with Gasteiger partial charge in [-0.2, -0.15) is 0 Å². The summed E-state index contributed by atoms with van der Waals surface area (Å²) in [5, 5.41) is 8.41. The zero-order valence-electron chi connectivity index (χ0n) is 11.0. The molecule has 0 bridgehead atoms. The van der Waals surface area contributed by atoms with E-state index in [1.807, 2.05) is 32.3 Å². The minimum atomic E-state index is 0.0531. The molecule has 0 saturated heterocycles. The normalized spacial score (nSPS) is 12.4.